The predicted octanol–water partition coefficient (Wildman–Crippen LogP) is 2.89. The average molecular weight is 412 g/mol. The second-order valence-corrected chi connectivity index (χ2v) is 7.28. The van der Waals surface area contributed by atoms with Gasteiger partial charge in [0.25, 0.3) is 0 Å². The molecule has 1 aliphatic rings. The fourth-order valence-electron chi connectivity index (χ4n) is 2.89. The molecule has 0 saturated carbocycles. The molecular weight excluding hydrogens is 389 g/mol. The van der Waals surface area contributed by atoms with Crippen LogP contribution in [0.2, 0.25) is 0 Å². The van der Waals surface area contributed by atoms with Crippen LogP contribution in [0.5, 0.6) is 0 Å². The summed E-state index contributed by atoms with van der Waals surface area (Å²) in [7, 11) is 5.93. The molecule has 0 radical (unpaired) electrons. The third-order valence-corrected chi connectivity index (χ3v) is 5.54. The van der Waals surface area contributed by atoms with E-state index in [0.717, 1.165) is 28.0 Å². The number of rotatable bonds is 4. The zero-order valence-corrected chi connectivity index (χ0v) is 17.3. The van der Waals surface area contributed by atoms with Gasteiger partial charge < -0.3 is 0 Å². The molecule has 0 aromatic heterocycles. The first-order valence-corrected chi connectivity index (χ1v) is 9.48. The molecule has 0 unspecified atom stereocenters. The van der Waals surface area contributed by atoms with E-state index < -0.39 is 0 Å². The number of nitrogens with zero attached hydrogens (tertiary/aromatic N) is 3. The number of likely N-dealkylation sites (N-methyl/N-ethyl adjacent to an activating group) is 1. The first kappa shape index (κ1) is 18.4. The van der Waals surface area contributed by atoms with Gasteiger partial charge in [-0.15, -0.1) is 0 Å². The molecule has 0 atom stereocenters. The number of carbonyl (C=O) groups is 1. The van der Waals surface area contributed by atoms with Crippen molar-refractivity contribution in [2.24, 2.45) is 0 Å². The Kier molecular flexibility index (Phi) is 5.30. The molecule has 2 aromatic carbocycles. The maximum absolute atomic E-state index is 13.0. The molecule has 0 aliphatic carbocycles. The van der Waals surface area contributed by atoms with Gasteiger partial charge in [-0.3, -0.25) is 0 Å². The van der Waals surface area contributed by atoms with Crippen LogP contribution in [0.3, 0.4) is 0 Å². The second-order valence-electron chi connectivity index (χ2n) is 6.52. The van der Waals surface area contributed by atoms with Crippen LogP contribution < -0.4 is 9.80 Å². The van der Waals surface area contributed by atoms with E-state index in [-0.39, 0.29) is 5.91 Å². The summed E-state index contributed by atoms with van der Waals surface area (Å²) >= 11 is 3.04. The van der Waals surface area contributed by atoms with Crippen LogP contribution in [0.1, 0.15) is 18.1 Å². The van der Waals surface area contributed by atoms with Gasteiger partial charge in [0.15, 0.2) is 0 Å². The molecule has 5 heteroatoms. The minimum atomic E-state index is -0.0258. The third kappa shape index (κ3) is 3.46. The summed E-state index contributed by atoms with van der Waals surface area (Å²) in [5, 5.41) is 0. The Labute approximate surface area is 163 Å². The van der Waals surface area contributed by atoms with Gasteiger partial charge in [0.2, 0.25) is 0 Å². The standard InChI is InChI=1S/C21H23N3OSe/c1-5-15-6-12-18(13-7-15)24-20(25)19(23(4)21(24)26)14-16-8-10-17(11-9-16)22(2)3/h6-14H,5H2,1-4H3/b19-14+. The summed E-state index contributed by atoms with van der Waals surface area (Å²) in [6.45, 7) is 2.12. The van der Waals surface area contributed by atoms with E-state index in [2.05, 4.69) is 51.7 Å². The van der Waals surface area contributed by atoms with E-state index in [9.17, 15) is 4.79 Å². The van der Waals surface area contributed by atoms with Gasteiger partial charge in [0, 0.05) is 0 Å². The van der Waals surface area contributed by atoms with Crippen molar-refractivity contribution in [3.8, 4) is 0 Å². The van der Waals surface area contributed by atoms with Gasteiger partial charge in [0.1, 0.15) is 0 Å². The number of benzene rings is 2. The average Bonchev–Trinajstić information content (AvgIpc) is 2.86. The number of hydrogen-bond donors (Lipinski definition) is 0. The van der Waals surface area contributed by atoms with Crippen molar-refractivity contribution >= 4 is 43.6 Å². The number of hydrogen-bond acceptors (Lipinski definition) is 3. The Morgan fingerprint density at radius 1 is 1.04 bits per heavy atom. The quantitative estimate of drug-likeness (QED) is 0.571. The predicted molar refractivity (Wildman–Crippen MR) is 111 cm³/mol. The number of carbonyl (C=O) groups excluding carboxylic acids is 1. The van der Waals surface area contributed by atoms with Gasteiger partial charge >= 0.3 is 163 Å². The maximum atomic E-state index is 13.0. The molecule has 0 spiro atoms. The summed E-state index contributed by atoms with van der Waals surface area (Å²) in [5.74, 6) is -0.0258. The normalized spacial score (nSPS) is 15.9. The van der Waals surface area contributed by atoms with E-state index in [1.807, 2.05) is 56.4 Å². The first-order chi connectivity index (χ1) is 12.4. The van der Waals surface area contributed by atoms with Crippen molar-refractivity contribution in [2.45, 2.75) is 13.3 Å². The third-order valence-electron chi connectivity index (χ3n) is 4.58. The fourth-order valence-corrected chi connectivity index (χ4v) is 3.49. The van der Waals surface area contributed by atoms with Crippen molar-refractivity contribution < 1.29 is 4.79 Å². The van der Waals surface area contributed by atoms with Crippen molar-refractivity contribution in [3.63, 3.8) is 0 Å². The zero-order valence-electron chi connectivity index (χ0n) is 15.6. The molecule has 2 aromatic rings. The molecule has 3 rings (SSSR count). The molecule has 1 saturated heterocycles. The Morgan fingerprint density at radius 2 is 1.65 bits per heavy atom. The number of amides is 1. The Morgan fingerprint density at radius 3 is 2.19 bits per heavy atom. The van der Waals surface area contributed by atoms with Crippen LogP contribution in [0, 0.1) is 0 Å². The molecule has 1 fully saturated rings. The van der Waals surface area contributed by atoms with Crippen LogP contribution in [-0.4, -0.2) is 52.2 Å². The van der Waals surface area contributed by atoms with Gasteiger partial charge in [-0.05, 0) is 0 Å². The summed E-state index contributed by atoms with van der Waals surface area (Å²) in [4.78, 5) is 18.7. The monoisotopic (exact) mass is 413 g/mol. The zero-order chi connectivity index (χ0) is 18.8. The fraction of sp³-hybridized carbons (Fsp3) is 0.238. The van der Waals surface area contributed by atoms with Crippen molar-refractivity contribution in [1.29, 1.82) is 0 Å². The Hall–Kier alpha value is -2.36. The molecule has 0 N–H and O–H groups in total. The molecule has 134 valence electrons. The van der Waals surface area contributed by atoms with Crippen molar-refractivity contribution in [1.82, 2.24) is 4.90 Å². The molecular formula is C21H23N3OSe. The molecule has 4 nitrogen and oxygen atoms in total. The summed E-state index contributed by atoms with van der Waals surface area (Å²) in [6, 6.07) is 16.3. The van der Waals surface area contributed by atoms with Crippen LogP contribution in [-0.2, 0) is 11.2 Å². The molecule has 0 bridgehead atoms. The van der Waals surface area contributed by atoms with E-state index in [4.69, 9.17) is 0 Å². The second kappa shape index (κ2) is 7.48. The summed E-state index contributed by atoms with van der Waals surface area (Å²) < 4.78 is 0.787. The first-order valence-electron chi connectivity index (χ1n) is 8.62. The molecule has 1 aliphatic heterocycles. The van der Waals surface area contributed by atoms with E-state index in [0.29, 0.717) is 5.70 Å². The van der Waals surface area contributed by atoms with Crippen LogP contribution in [0.4, 0.5) is 11.4 Å². The van der Waals surface area contributed by atoms with E-state index in [1.165, 1.54) is 5.56 Å². The van der Waals surface area contributed by atoms with E-state index in [1.54, 1.807) is 4.90 Å². The van der Waals surface area contributed by atoms with Crippen molar-refractivity contribution in [2.75, 3.05) is 30.9 Å². The van der Waals surface area contributed by atoms with Gasteiger partial charge in [0.05, 0.1) is 0 Å². The topological polar surface area (TPSA) is 26.8 Å². The number of anilines is 2. The van der Waals surface area contributed by atoms with Crippen LogP contribution >= 0.6 is 0 Å². The molecule has 1 heterocycles. The van der Waals surface area contributed by atoms with Crippen LogP contribution in [0.15, 0.2) is 54.2 Å². The van der Waals surface area contributed by atoms with Gasteiger partial charge in [-0.2, -0.15) is 0 Å². The SMILES string of the molecule is CCc1ccc(N2C(=O)/C(=C\c3ccc(N(C)C)cc3)N(C)C2=[Se])cc1. The molecule has 1 amide bonds. The van der Waals surface area contributed by atoms with Crippen LogP contribution in [0.25, 0.3) is 6.08 Å². The molecule has 26 heavy (non-hydrogen) atoms. The van der Waals surface area contributed by atoms with Gasteiger partial charge in [-0.1, -0.05) is 0 Å². The Balaban J connectivity index is 1.91. The van der Waals surface area contributed by atoms with Crippen molar-refractivity contribution in [3.05, 3.63) is 65.4 Å². The van der Waals surface area contributed by atoms with Gasteiger partial charge in [-0.25, -0.2) is 0 Å². The summed E-state index contributed by atoms with van der Waals surface area (Å²) in [5.41, 5.74) is 4.91. The summed E-state index contributed by atoms with van der Waals surface area (Å²) in [6.07, 6.45) is 2.91. The Bertz CT molecular complexity index is 854. The minimum absolute atomic E-state index is 0.0258. The van der Waals surface area contributed by atoms with E-state index >= 15 is 0 Å². The number of aryl methyl sites for hydroxylation is 1.